The SMILES string of the molecule is CC(C)CC1CC2CC3CC(C)C(CC(C)C)CC3CC2CC1C. The second-order valence-electron chi connectivity index (χ2n) is 11.2. The minimum atomic E-state index is 0.886. The molecular weight excluding hydrogens is 288 g/mol. The fraction of sp³-hybridized carbons (Fsp3) is 1.00. The molecule has 0 heterocycles. The van der Waals surface area contributed by atoms with Gasteiger partial charge >= 0.3 is 0 Å². The van der Waals surface area contributed by atoms with Crippen molar-refractivity contribution in [1.82, 2.24) is 0 Å². The van der Waals surface area contributed by atoms with Gasteiger partial charge in [0, 0.05) is 0 Å². The summed E-state index contributed by atoms with van der Waals surface area (Å²) in [4.78, 5) is 0. The third-order valence-electron chi connectivity index (χ3n) is 8.26. The summed E-state index contributed by atoms with van der Waals surface area (Å²) in [5, 5.41) is 0. The highest BCUT2D eigenvalue weighted by atomic mass is 14.5. The van der Waals surface area contributed by atoms with E-state index in [0.717, 1.165) is 59.2 Å². The predicted octanol–water partition coefficient (Wildman–Crippen LogP) is 7.43. The zero-order valence-electron chi connectivity index (χ0n) is 17.4. The smallest absolute Gasteiger partial charge is 0.0380 e. The second kappa shape index (κ2) is 7.71. The van der Waals surface area contributed by atoms with Crippen LogP contribution in [0, 0.1) is 59.2 Å². The molecule has 8 unspecified atom stereocenters. The number of hydrogen-bond acceptors (Lipinski definition) is 0. The first-order valence-corrected chi connectivity index (χ1v) is 11.3. The Bertz CT molecular complexity index is 357. The van der Waals surface area contributed by atoms with Gasteiger partial charge in [-0.05, 0) is 111 Å². The van der Waals surface area contributed by atoms with Crippen molar-refractivity contribution in [2.45, 2.75) is 92.9 Å². The molecule has 3 aliphatic carbocycles. The monoisotopic (exact) mass is 332 g/mol. The molecule has 140 valence electrons. The van der Waals surface area contributed by atoms with Crippen LogP contribution >= 0.6 is 0 Å². The van der Waals surface area contributed by atoms with Gasteiger partial charge in [-0.1, -0.05) is 41.5 Å². The second-order valence-corrected chi connectivity index (χ2v) is 11.2. The molecule has 3 aliphatic rings. The lowest BCUT2D eigenvalue weighted by Crippen LogP contribution is -2.42. The molecule has 0 nitrogen and oxygen atoms in total. The molecule has 0 heteroatoms. The highest BCUT2D eigenvalue weighted by Gasteiger charge is 2.45. The molecule has 0 aromatic carbocycles. The minimum Gasteiger partial charge on any atom is -0.0628 e. The Morgan fingerprint density at radius 3 is 1.21 bits per heavy atom. The van der Waals surface area contributed by atoms with Crippen LogP contribution in [-0.4, -0.2) is 0 Å². The molecule has 0 aromatic heterocycles. The molecule has 3 fully saturated rings. The number of fused-ring (bicyclic) bond motifs is 2. The first-order valence-electron chi connectivity index (χ1n) is 11.3. The normalized spacial score (nSPS) is 46.0. The van der Waals surface area contributed by atoms with E-state index in [1.54, 1.807) is 38.5 Å². The fourth-order valence-electron chi connectivity index (χ4n) is 7.15. The molecule has 3 saturated carbocycles. The topological polar surface area (TPSA) is 0 Å². The lowest BCUT2D eigenvalue weighted by atomic mass is 9.53. The number of rotatable bonds is 4. The van der Waals surface area contributed by atoms with Gasteiger partial charge in [0.25, 0.3) is 0 Å². The van der Waals surface area contributed by atoms with E-state index in [2.05, 4.69) is 41.5 Å². The molecule has 0 N–H and O–H groups in total. The van der Waals surface area contributed by atoms with Crippen molar-refractivity contribution >= 4 is 0 Å². The fourth-order valence-corrected chi connectivity index (χ4v) is 7.15. The van der Waals surface area contributed by atoms with Gasteiger partial charge in [-0.15, -0.1) is 0 Å². The highest BCUT2D eigenvalue weighted by Crippen LogP contribution is 2.55. The molecule has 24 heavy (non-hydrogen) atoms. The molecule has 3 rings (SSSR count). The van der Waals surface area contributed by atoms with Crippen molar-refractivity contribution in [3.8, 4) is 0 Å². The molecule has 0 bridgehead atoms. The average molecular weight is 333 g/mol. The van der Waals surface area contributed by atoms with E-state index >= 15 is 0 Å². The molecule has 0 radical (unpaired) electrons. The Labute approximate surface area is 152 Å². The Morgan fingerprint density at radius 2 is 0.875 bits per heavy atom. The van der Waals surface area contributed by atoms with E-state index in [1.807, 2.05) is 0 Å². The van der Waals surface area contributed by atoms with Crippen LogP contribution in [0.1, 0.15) is 92.9 Å². The van der Waals surface area contributed by atoms with Crippen LogP contribution in [0.4, 0.5) is 0 Å². The van der Waals surface area contributed by atoms with Crippen molar-refractivity contribution in [3.63, 3.8) is 0 Å². The molecule has 8 atom stereocenters. The predicted molar refractivity (Wildman–Crippen MR) is 106 cm³/mol. The van der Waals surface area contributed by atoms with Gasteiger partial charge in [-0.2, -0.15) is 0 Å². The van der Waals surface area contributed by atoms with E-state index in [0.29, 0.717) is 0 Å². The lowest BCUT2D eigenvalue weighted by molar-refractivity contribution is -0.0182. The summed E-state index contributed by atoms with van der Waals surface area (Å²) in [6, 6.07) is 0. The third-order valence-corrected chi connectivity index (χ3v) is 8.26. The summed E-state index contributed by atoms with van der Waals surface area (Å²) >= 11 is 0. The van der Waals surface area contributed by atoms with Gasteiger partial charge < -0.3 is 0 Å². The summed E-state index contributed by atoms with van der Waals surface area (Å²) in [5.74, 6) is 10.1. The minimum absolute atomic E-state index is 0.886. The Hall–Kier alpha value is 0. The van der Waals surface area contributed by atoms with Crippen LogP contribution in [0.25, 0.3) is 0 Å². The van der Waals surface area contributed by atoms with Gasteiger partial charge in [-0.25, -0.2) is 0 Å². The quantitative estimate of drug-likeness (QED) is 0.502. The largest absolute Gasteiger partial charge is 0.0628 e. The maximum Gasteiger partial charge on any atom is -0.0380 e. The van der Waals surface area contributed by atoms with Gasteiger partial charge in [0.2, 0.25) is 0 Å². The van der Waals surface area contributed by atoms with Crippen molar-refractivity contribution in [2.24, 2.45) is 59.2 Å². The van der Waals surface area contributed by atoms with Crippen molar-refractivity contribution in [3.05, 3.63) is 0 Å². The summed E-state index contributed by atoms with van der Waals surface area (Å²) in [5.41, 5.74) is 0. The van der Waals surface area contributed by atoms with Crippen LogP contribution in [0.15, 0.2) is 0 Å². The summed E-state index contributed by atoms with van der Waals surface area (Å²) in [7, 11) is 0. The third kappa shape index (κ3) is 4.21. The maximum atomic E-state index is 2.57. The van der Waals surface area contributed by atoms with E-state index in [-0.39, 0.29) is 0 Å². The zero-order chi connectivity index (χ0) is 17.4. The van der Waals surface area contributed by atoms with E-state index in [1.165, 1.54) is 12.8 Å². The zero-order valence-corrected chi connectivity index (χ0v) is 17.4. The Balaban J connectivity index is 1.62. The van der Waals surface area contributed by atoms with Crippen LogP contribution in [0.2, 0.25) is 0 Å². The van der Waals surface area contributed by atoms with Gasteiger partial charge in [0.15, 0.2) is 0 Å². The summed E-state index contributed by atoms with van der Waals surface area (Å²) in [6.45, 7) is 14.8. The van der Waals surface area contributed by atoms with Crippen LogP contribution in [-0.2, 0) is 0 Å². The summed E-state index contributed by atoms with van der Waals surface area (Å²) < 4.78 is 0. The summed E-state index contributed by atoms with van der Waals surface area (Å²) in [6.07, 6.45) is 12.4. The molecule has 0 spiro atoms. The molecule has 0 amide bonds. The van der Waals surface area contributed by atoms with E-state index in [9.17, 15) is 0 Å². The Kier molecular flexibility index (Phi) is 6.03. The van der Waals surface area contributed by atoms with Gasteiger partial charge in [0.05, 0.1) is 0 Å². The molecular formula is C24H44. The lowest BCUT2D eigenvalue weighted by Gasteiger charge is -2.52. The average Bonchev–Trinajstić information content (AvgIpc) is 2.46. The van der Waals surface area contributed by atoms with Crippen molar-refractivity contribution < 1.29 is 0 Å². The first kappa shape index (κ1) is 18.8. The van der Waals surface area contributed by atoms with Crippen LogP contribution < -0.4 is 0 Å². The molecule has 0 saturated heterocycles. The van der Waals surface area contributed by atoms with E-state index < -0.39 is 0 Å². The maximum absolute atomic E-state index is 2.57. The molecule has 0 aliphatic heterocycles. The van der Waals surface area contributed by atoms with Crippen LogP contribution in [0.5, 0.6) is 0 Å². The Morgan fingerprint density at radius 1 is 0.542 bits per heavy atom. The van der Waals surface area contributed by atoms with Crippen LogP contribution in [0.3, 0.4) is 0 Å². The standard InChI is InChI=1S/C24H44/c1-15(2)7-19-11-23-13-22-10-18(6)20(8-16(3)4)12-24(22)14-21(23)9-17(19)5/h15-24H,7-14H2,1-6H3. The molecule has 0 aromatic rings. The van der Waals surface area contributed by atoms with Gasteiger partial charge in [0.1, 0.15) is 0 Å². The van der Waals surface area contributed by atoms with Gasteiger partial charge in [-0.3, -0.25) is 0 Å². The van der Waals surface area contributed by atoms with Crippen molar-refractivity contribution in [2.75, 3.05) is 0 Å². The highest BCUT2D eigenvalue weighted by molar-refractivity contribution is 4.95. The van der Waals surface area contributed by atoms with E-state index in [4.69, 9.17) is 0 Å². The van der Waals surface area contributed by atoms with Crippen molar-refractivity contribution in [1.29, 1.82) is 0 Å². The number of hydrogen-bond donors (Lipinski definition) is 0. The first-order chi connectivity index (χ1) is 11.3.